The van der Waals surface area contributed by atoms with E-state index in [0.29, 0.717) is 22.4 Å². The number of carbonyl (C=O) groups is 3. The van der Waals surface area contributed by atoms with Gasteiger partial charge in [-0.25, -0.2) is 0 Å². The van der Waals surface area contributed by atoms with Crippen LogP contribution in [0, 0.1) is 0 Å². The highest BCUT2D eigenvalue weighted by Crippen LogP contribution is 2.34. The van der Waals surface area contributed by atoms with Gasteiger partial charge < -0.3 is 9.47 Å². The van der Waals surface area contributed by atoms with Crippen molar-refractivity contribution in [2.24, 2.45) is 0 Å². The van der Waals surface area contributed by atoms with E-state index in [1.54, 1.807) is 78.9 Å². The molecule has 0 fully saturated rings. The van der Waals surface area contributed by atoms with Crippen LogP contribution in [0.5, 0.6) is 11.5 Å². The number of ether oxygens (including phenoxy) is 2. The van der Waals surface area contributed by atoms with Crippen molar-refractivity contribution < 1.29 is 23.9 Å². The molecule has 5 nitrogen and oxygen atoms in total. The van der Waals surface area contributed by atoms with Gasteiger partial charge in [-0.05, 0) is 24.3 Å². The van der Waals surface area contributed by atoms with E-state index < -0.39 is 5.78 Å². The summed E-state index contributed by atoms with van der Waals surface area (Å²) in [6.07, 6.45) is 0. The summed E-state index contributed by atoms with van der Waals surface area (Å²) in [5, 5.41) is 0. The number of para-hydroxylation sites is 1. The summed E-state index contributed by atoms with van der Waals surface area (Å²) in [7, 11) is 2.86. The van der Waals surface area contributed by atoms with Gasteiger partial charge in [0.1, 0.15) is 11.5 Å². The second kappa shape index (κ2) is 9.96. The van der Waals surface area contributed by atoms with Crippen molar-refractivity contribution in [1.82, 2.24) is 0 Å². The SMILES string of the molecule is COc1ccccc1C(=O)c1ccc(C(=O)c2ccccc2)c(C(=O)c2ccccc2)c1OC. The third kappa shape index (κ3) is 4.24. The summed E-state index contributed by atoms with van der Waals surface area (Å²) < 4.78 is 11.0. The highest BCUT2D eigenvalue weighted by Gasteiger charge is 2.29. The van der Waals surface area contributed by atoms with Gasteiger partial charge in [0.25, 0.3) is 0 Å². The van der Waals surface area contributed by atoms with Crippen molar-refractivity contribution in [3.05, 3.63) is 130 Å². The van der Waals surface area contributed by atoms with Crippen LogP contribution >= 0.6 is 0 Å². The lowest BCUT2D eigenvalue weighted by molar-refractivity contribution is 0.0997. The maximum atomic E-state index is 13.6. The molecule has 4 aromatic carbocycles. The van der Waals surface area contributed by atoms with Crippen LogP contribution in [-0.4, -0.2) is 31.6 Å². The van der Waals surface area contributed by atoms with Gasteiger partial charge in [-0.15, -0.1) is 0 Å². The summed E-state index contributed by atoms with van der Waals surface area (Å²) in [5.41, 5.74) is 1.50. The fraction of sp³-hybridized carbons (Fsp3) is 0.0690. The maximum absolute atomic E-state index is 13.6. The zero-order chi connectivity index (χ0) is 24.1. The quantitative estimate of drug-likeness (QED) is 0.336. The molecular formula is C29H22O5. The molecular weight excluding hydrogens is 428 g/mol. The maximum Gasteiger partial charge on any atom is 0.200 e. The molecule has 0 heterocycles. The smallest absolute Gasteiger partial charge is 0.200 e. The van der Waals surface area contributed by atoms with Crippen LogP contribution in [0.25, 0.3) is 0 Å². The molecule has 0 aliphatic rings. The number of hydrogen-bond acceptors (Lipinski definition) is 5. The molecule has 0 aliphatic carbocycles. The first kappa shape index (κ1) is 22.7. The number of benzene rings is 4. The highest BCUT2D eigenvalue weighted by molar-refractivity contribution is 6.23. The summed E-state index contributed by atoms with van der Waals surface area (Å²) in [4.78, 5) is 40.6. The Bertz CT molecular complexity index is 1360. The van der Waals surface area contributed by atoms with Crippen LogP contribution in [0.4, 0.5) is 0 Å². The molecule has 0 aliphatic heterocycles. The van der Waals surface area contributed by atoms with Crippen molar-refractivity contribution in [1.29, 1.82) is 0 Å². The fourth-order valence-electron chi connectivity index (χ4n) is 3.84. The van der Waals surface area contributed by atoms with E-state index in [1.807, 2.05) is 6.07 Å². The standard InChI is InChI=1S/C29H22O5/c1-33-24-16-10-9-15-21(24)28(32)23-18-17-22(26(30)19-11-5-3-6-12-19)25(29(23)34-2)27(31)20-13-7-4-8-14-20/h3-18H,1-2H3. The largest absolute Gasteiger partial charge is 0.496 e. The topological polar surface area (TPSA) is 69.7 Å². The lowest BCUT2D eigenvalue weighted by Gasteiger charge is -2.17. The number of carbonyl (C=O) groups excluding carboxylic acids is 3. The zero-order valence-corrected chi connectivity index (χ0v) is 18.8. The minimum absolute atomic E-state index is 0.0447. The Labute approximate surface area is 197 Å². The molecule has 0 unspecified atom stereocenters. The average Bonchev–Trinajstić information content (AvgIpc) is 2.91. The number of rotatable bonds is 8. The first-order chi connectivity index (χ1) is 16.6. The average molecular weight is 450 g/mol. The Morgan fingerprint density at radius 1 is 0.500 bits per heavy atom. The second-order valence-electron chi connectivity index (χ2n) is 7.49. The van der Waals surface area contributed by atoms with Gasteiger partial charge in [-0.2, -0.15) is 0 Å². The molecule has 168 valence electrons. The Morgan fingerprint density at radius 3 is 1.62 bits per heavy atom. The van der Waals surface area contributed by atoms with Crippen molar-refractivity contribution in [2.75, 3.05) is 14.2 Å². The molecule has 34 heavy (non-hydrogen) atoms. The molecule has 0 amide bonds. The minimum atomic E-state index is -0.411. The third-order valence-electron chi connectivity index (χ3n) is 5.50. The molecule has 0 saturated heterocycles. The normalized spacial score (nSPS) is 10.4. The van der Waals surface area contributed by atoms with Crippen molar-refractivity contribution in [3.63, 3.8) is 0 Å². The highest BCUT2D eigenvalue weighted by atomic mass is 16.5. The minimum Gasteiger partial charge on any atom is -0.496 e. The van der Waals surface area contributed by atoms with Gasteiger partial charge in [0, 0.05) is 16.7 Å². The Morgan fingerprint density at radius 2 is 1.03 bits per heavy atom. The van der Waals surface area contributed by atoms with Crippen LogP contribution in [0.15, 0.2) is 97.1 Å². The van der Waals surface area contributed by atoms with Gasteiger partial charge >= 0.3 is 0 Å². The van der Waals surface area contributed by atoms with E-state index in [1.165, 1.54) is 26.4 Å². The van der Waals surface area contributed by atoms with Crippen molar-refractivity contribution in [2.45, 2.75) is 0 Å². The molecule has 4 aromatic rings. The van der Waals surface area contributed by atoms with Gasteiger partial charge in [0.2, 0.25) is 5.78 Å². The van der Waals surface area contributed by atoms with Gasteiger partial charge in [0.05, 0.1) is 30.9 Å². The molecule has 4 rings (SSSR count). The molecule has 0 spiro atoms. The van der Waals surface area contributed by atoms with E-state index in [9.17, 15) is 14.4 Å². The van der Waals surface area contributed by atoms with Crippen LogP contribution in [0.3, 0.4) is 0 Å². The molecule has 0 aromatic heterocycles. The summed E-state index contributed by atoms with van der Waals surface area (Å²) in [5.74, 6) is -0.683. The van der Waals surface area contributed by atoms with Crippen LogP contribution in [0.2, 0.25) is 0 Å². The molecule has 0 bridgehead atoms. The summed E-state index contributed by atoms with van der Waals surface area (Å²) in [6, 6.07) is 27.1. The summed E-state index contributed by atoms with van der Waals surface area (Å²) in [6.45, 7) is 0. The Hall–Kier alpha value is -4.51. The molecule has 0 saturated carbocycles. The van der Waals surface area contributed by atoms with Crippen molar-refractivity contribution >= 4 is 17.3 Å². The zero-order valence-electron chi connectivity index (χ0n) is 18.8. The summed E-state index contributed by atoms with van der Waals surface area (Å²) >= 11 is 0. The van der Waals surface area contributed by atoms with E-state index in [2.05, 4.69) is 0 Å². The fourth-order valence-corrected chi connectivity index (χ4v) is 3.84. The predicted octanol–water partition coefficient (Wildman–Crippen LogP) is 5.40. The van der Waals surface area contributed by atoms with Gasteiger partial charge in [-0.1, -0.05) is 72.8 Å². The number of methoxy groups -OCH3 is 2. The molecule has 0 atom stereocenters. The van der Waals surface area contributed by atoms with E-state index in [0.717, 1.165) is 0 Å². The van der Waals surface area contributed by atoms with E-state index >= 15 is 0 Å². The second-order valence-corrected chi connectivity index (χ2v) is 7.49. The van der Waals surface area contributed by atoms with Gasteiger partial charge in [0.15, 0.2) is 11.6 Å². The Kier molecular flexibility index (Phi) is 6.64. The first-order valence-electron chi connectivity index (χ1n) is 10.6. The number of hydrogen-bond donors (Lipinski definition) is 0. The van der Waals surface area contributed by atoms with Crippen LogP contribution in [0.1, 0.15) is 47.8 Å². The third-order valence-corrected chi connectivity index (χ3v) is 5.50. The Balaban J connectivity index is 1.95. The lowest BCUT2D eigenvalue weighted by atomic mass is 9.88. The van der Waals surface area contributed by atoms with Crippen LogP contribution in [-0.2, 0) is 0 Å². The van der Waals surface area contributed by atoms with E-state index in [4.69, 9.17) is 9.47 Å². The van der Waals surface area contributed by atoms with Crippen molar-refractivity contribution in [3.8, 4) is 11.5 Å². The lowest BCUT2D eigenvalue weighted by Crippen LogP contribution is -2.16. The predicted molar refractivity (Wildman–Crippen MR) is 129 cm³/mol. The van der Waals surface area contributed by atoms with E-state index in [-0.39, 0.29) is 34.0 Å². The van der Waals surface area contributed by atoms with Gasteiger partial charge in [-0.3, -0.25) is 14.4 Å². The van der Waals surface area contributed by atoms with Crippen LogP contribution < -0.4 is 9.47 Å². The monoisotopic (exact) mass is 450 g/mol. The molecule has 0 N–H and O–H groups in total. The number of ketones is 3. The molecule has 5 heteroatoms. The first-order valence-corrected chi connectivity index (χ1v) is 10.6. The molecule has 0 radical (unpaired) electrons.